The standard InChI is InChI=1S/C41H51N4O8P/c1-7-20-54(49,50)41(24-27(41)8-2)44-37(46)34-22-30(25-45(34)38(47)36(40(3,4)5)43-39(48)53-28-16-12-13-17-28)52-35-23-32(26-14-10-9-11-15-26)42-33-21-29(51-6)18-19-31(33)35/h7-11,14-15,18-21,23,27-28,30,34,36H,2,12-13,16-17,22,24-25H2,1,3-6H3,(H,43,48)(H,44,46)(H,49,50)/b20-7-/t27-,30-,34+,36-,41+/m1/s1. The number of nitrogens with one attached hydrogen (secondary N) is 2. The number of ether oxygens (including phenoxy) is 3. The molecule has 1 aliphatic heterocycles. The third-order valence-corrected chi connectivity index (χ3v) is 13.1. The van der Waals surface area contributed by atoms with Crippen LogP contribution < -0.4 is 20.1 Å². The van der Waals surface area contributed by atoms with E-state index in [1.54, 1.807) is 20.1 Å². The molecular formula is C41H51N4O8P. The molecule has 3 aromatic rings. The summed E-state index contributed by atoms with van der Waals surface area (Å²) >= 11 is 0. The van der Waals surface area contributed by atoms with Crippen molar-refractivity contribution in [2.75, 3.05) is 13.7 Å². The van der Waals surface area contributed by atoms with Gasteiger partial charge in [-0.25, -0.2) is 9.78 Å². The van der Waals surface area contributed by atoms with Gasteiger partial charge in [0.05, 0.1) is 24.9 Å². The van der Waals surface area contributed by atoms with Crippen LogP contribution in [0.4, 0.5) is 4.79 Å². The summed E-state index contributed by atoms with van der Waals surface area (Å²) in [6, 6.07) is 14.9. The number of likely N-dealkylation sites (tertiary alicyclic amines) is 1. The number of benzene rings is 2. The molecule has 2 aliphatic carbocycles. The summed E-state index contributed by atoms with van der Waals surface area (Å²) in [5, 5.41) is 4.97. The van der Waals surface area contributed by atoms with Gasteiger partial charge in [-0.15, -0.1) is 6.58 Å². The van der Waals surface area contributed by atoms with Crippen molar-refractivity contribution in [2.24, 2.45) is 11.3 Å². The van der Waals surface area contributed by atoms with Crippen molar-refractivity contribution in [3.05, 3.63) is 79.1 Å². The minimum absolute atomic E-state index is 0.00697. The van der Waals surface area contributed by atoms with E-state index in [4.69, 9.17) is 19.2 Å². The molecule has 3 aliphatic rings. The molecule has 0 spiro atoms. The quantitative estimate of drug-likeness (QED) is 0.129. The van der Waals surface area contributed by atoms with Gasteiger partial charge in [0.2, 0.25) is 19.2 Å². The van der Waals surface area contributed by atoms with Crippen LogP contribution in [0.5, 0.6) is 11.5 Å². The molecule has 1 unspecified atom stereocenters. The summed E-state index contributed by atoms with van der Waals surface area (Å²) < 4.78 is 31.5. The van der Waals surface area contributed by atoms with Crippen LogP contribution in [0.3, 0.4) is 0 Å². The lowest BCUT2D eigenvalue weighted by Crippen LogP contribution is -2.58. The predicted molar refractivity (Wildman–Crippen MR) is 207 cm³/mol. The Balaban J connectivity index is 1.35. The molecule has 2 saturated carbocycles. The molecule has 3 fully saturated rings. The summed E-state index contributed by atoms with van der Waals surface area (Å²) in [7, 11) is -2.44. The number of pyridine rings is 1. The van der Waals surface area contributed by atoms with E-state index in [1.807, 2.05) is 75.4 Å². The van der Waals surface area contributed by atoms with Crippen molar-refractivity contribution >= 4 is 36.2 Å². The van der Waals surface area contributed by atoms with E-state index in [2.05, 4.69) is 17.2 Å². The maximum Gasteiger partial charge on any atom is 0.408 e. The van der Waals surface area contributed by atoms with Crippen LogP contribution in [0.1, 0.15) is 66.2 Å². The van der Waals surface area contributed by atoms with Gasteiger partial charge in [0, 0.05) is 35.4 Å². The zero-order chi connectivity index (χ0) is 38.8. The van der Waals surface area contributed by atoms with Gasteiger partial charge in [-0.2, -0.15) is 0 Å². The number of alkyl carbamates (subject to hydrolysis) is 1. The first-order chi connectivity index (χ1) is 25.7. The van der Waals surface area contributed by atoms with Gasteiger partial charge in [-0.1, -0.05) is 63.3 Å². The molecule has 2 aromatic carbocycles. The fourth-order valence-corrected chi connectivity index (χ4v) is 9.59. The number of allylic oxidation sites excluding steroid dienone is 1. The number of amides is 3. The molecule has 13 heteroatoms. The smallest absolute Gasteiger partial charge is 0.408 e. The average molecular weight is 759 g/mol. The molecule has 6 atom stereocenters. The predicted octanol–water partition coefficient (Wildman–Crippen LogP) is 7.16. The van der Waals surface area contributed by atoms with Crippen LogP contribution in [0, 0.1) is 11.3 Å². The topological polar surface area (TPSA) is 156 Å². The number of rotatable bonds is 12. The fraction of sp³-hybridized carbons (Fsp3) is 0.463. The molecule has 6 rings (SSSR count). The maximum atomic E-state index is 14.7. The van der Waals surface area contributed by atoms with E-state index in [0.717, 1.165) is 31.2 Å². The Kier molecular flexibility index (Phi) is 11.3. The van der Waals surface area contributed by atoms with Crippen molar-refractivity contribution in [1.29, 1.82) is 0 Å². The molecule has 0 radical (unpaired) electrons. The lowest BCUT2D eigenvalue weighted by molar-refractivity contribution is -0.142. The molecule has 2 heterocycles. The first-order valence-corrected chi connectivity index (χ1v) is 20.3. The Hall–Kier alpha value is -4.67. The molecule has 0 bridgehead atoms. The number of hydrogen-bond donors (Lipinski definition) is 3. The van der Waals surface area contributed by atoms with Crippen molar-refractivity contribution in [1.82, 2.24) is 20.5 Å². The average Bonchev–Trinajstić information content (AvgIpc) is 3.41. The highest BCUT2D eigenvalue weighted by molar-refractivity contribution is 7.63. The van der Waals surface area contributed by atoms with Crippen LogP contribution in [0.2, 0.25) is 0 Å². The van der Waals surface area contributed by atoms with Crippen LogP contribution >= 0.6 is 7.37 Å². The van der Waals surface area contributed by atoms with Crippen LogP contribution in [0.25, 0.3) is 22.2 Å². The second-order valence-corrected chi connectivity index (χ2v) is 17.9. The molecule has 1 saturated heterocycles. The van der Waals surface area contributed by atoms with Gasteiger partial charge < -0.3 is 34.6 Å². The lowest BCUT2D eigenvalue weighted by atomic mass is 9.85. The zero-order valence-electron chi connectivity index (χ0n) is 31.6. The zero-order valence-corrected chi connectivity index (χ0v) is 32.5. The Morgan fingerprint density at radius 2 is 1.81 bits per heavy atom. The summed E-state index contributed by atoms with van der Waals surface area (Å²) in [6.45, 7) is 11.0. The normalized spacial score (nSPS) is 24.5. The second-order valence-electron chi connectivity index (χ2n) is 15.6. The van der Waals surface area contributed by atoms with E-state index in [9.17, 15) is 23.8 Å². The van der Waals surface area contributed by atoms with E-state index in [1.165, 1.54) is 16.8 Å². The van der Waals surface area contributed by atoms with E-state index in [-0.39, 0.29) is 25.5 Å². The Labute approximate surface area is 316 Å². The number of carbonyl (C=O) groups is 3. The van der Waals surface area contributed by atoms with Crippen molar-refractivity contribution < 1.29 is 38.1 Å². The maximum absolute atomic E-state index is 14.7. The highest BCUT2D eigenvalue weighted by atomic mass is 31.2. The van der Waals surface area contributed by atoms with Crippen molar-refractivity contribution in [2.45, 2.75) is 95.8 Å². The van der Waals surface area contributed by atoms with Crippen molar-refractivity contribution in [3.63, 3.8) is 0 Å². The lowest BCUT2D eigenvalue weighted by Gasteiger charge is -2.35. The largest absolute Gasteiger partial charge is 0.497 e. The van der Waals surface area contributed by atoms with E-state index in [0.29, 0.717) is 28.1 Å². The Morgan fingerprint density at radius 3 is 2.44 bits per heavy atom. The Bertz CT molecular complexity index is 1970. The number of carbonyl (C=O) groups excluding carboxylic acids is 3. The molecular weight excluding hydrogens is 707 g/mol. The van der Waals surface area contributed by atoms with Gasteiger partial charge in [-0.3, -0.25) is 14.2 Å². The molecule has 12 nitrogen and oxygen atoms in total. The van der Waals surface area contributed by atoms with Crippen molar-refractivity contribution in [3.8, 4) is 22.8 Å². The third-order valence-electron chi connectivity index (χ3n) is 10.7. The third kappa shape index (κ3) is 8.05. The minimum Gasteiger partial charge on any atom is -0.497 e. The summed E-state index contributed by atoms with van der Waals surface area (Å²) in [4.78, 5) is 59.6. The molecule has 3 N–H and O–H groups in total. The first-order valence-electron chi connectivity index (χ1n) is 18.6. The van der Waals surface area contributed by atoms with Gasteiger partial charge in [0.25, 0.3) is 0 Å². The minimum atomic E-state index is -4.02. The fourth-order valence-electron chi connectivity index (χ4n) is 7.61. The summed E-state index contributed by atoms with van der Waals surface area (Å²) in [5.74, 6) is 0.841. The highest BCUT2D eigenvalue weighted by Crippen LogP contribution is 2.70. The van der Waals surface area contributed by atoms with Gasteiger partial charge >= 0.3 is 6.09 Å². The molecule has 3 amide bonds. The molecule has 1 aromatic heterocycles. The second kappa shape index (κ2) is 15.6. The Morgan fingerprint density at radius 1 is 1.09 bits per heavy atom. The van der Waals surface area contributed by atoms with Gasteiger partial charge in [0.1, 0.15) is 41.1 Å². The molecule has 288 valence electrons. The number of fused-ring (bicyclic) bond motifs is 1. The summed E-state index contributed by atoms with van der Waals surface area (Å²) in [5.41, 5.74) is 1.41. The van der Waals surface area contributed by atoms with Gasteiger partial charge in [0.15, 0.2) is 0 Å². The first kappa shape index (κ1) is 39.0. The monoisotopic (exact) mass is 758 g/mol. The number of methoxy groups -OCH3 is 1. The summed E-state index contributed by atoms with van der Waals surface area (Å²) in [6.07, 6.45) is 5.29. The molecule has 54 heavy (non-hydrogen) atoms. The number of aromatic nitrogens is 1. The van der Waals surface area contributed by atoms with Crippen LogP contribution in [-0.4, -0.2) is 75.9 Å². The van der Waals surface area contributed by atoms with Crippen LogP contribution in [0.15, 0.2) is 79.1 Å². The SMILES string of the molecule is C=C[C@@H]1C[C@]1(NC(=O)[C@@H]1C[C@@H](Oc2cc(-c3ccccc3)nc3cc(OC)ccc23)CN1C(=O)[C@@H](NC(=O)OC1CCCC1)C(C)(C)C)P(=O)(O)/C=C\C. The van der Waals surface area contributed by atoms with Gasteiger partial charge in [-0.05, 0) is 62.4 Å². The van der Waals surface area contributed by atoms with E-state index >= 15 is 0 Å². The van der Waals surface area contributed by atoms with Crippen LogP contribution in [-0.2, 0) is 18.9 Å². The number of hydrogen-bond acceptors (Lipinski definition) is 8. The highest BCUT2D eigenvalue weighted by Gasteiger charge is 2.65. The number of nitrogens with zero attached hydrogens (tertiary/aromatic N) is 2. The van der Waals surface area contributed by atoms with E-state index < -0.39 is 60.1 Å².